The molecule has 0 spiro atoms. The van der Waals surface area contributed by atoms with Crippen molar-refractivity contribution < 1.29 is 33.1 Å². The molecule has 186 valence electrons. The van der Waals surface area contributed by atoms with Crippen LogP contribution in [-0.2, 0) is 22.9 Å². The van der Waals surface area contributed by atoms with E-state index < -0.39 is 20.5 Å². The first-order valence-electron chi connectivity index (χ1n) is 12.3. The van der Waals surface area contributed by atoms with E-state index in [9.17, 15) is 14.5 Å². The van der Waals surface area contributed by atoms with Crippen LogP contribution in [0, 0.1) is 28.6 Å². The highest BCUT2D eigenvalue weighted by Gasteiger charge is 2.60. The number of hydrogen-bond acceptors (Lipinski definition) is 7. The van der Waals surface area contributed by atoms with Gasteiger partial charge in [-0.25, -0.2) is 4.57 Å². The van der Waals surface area contributed by atoms with Gasteiger partial charge in [0, 0.05) is 13.5 Å². The molecule has 0 radical (unpaired) electrons. The highest BCUT2D eigenvalue weighted by atomic mass is 31.2. The third kappa shape index (κ3) is 4.34. The van der Waals surface area contributed by atoms with Gasteiger partial charge < -0.3 is 10.2 Å². The quantitative estimate of drug-likeness (QED) is 0.404. The van der Waals surface area contributed by atoms with Gasteiger partial charge in [0.2, 0.25) is 0 Å². The SMILES string of the molecule is CC=C1C(OP(=O)(OC)OCC(O)CO)CC2C3CCC4=CC(=O)CCC4(C)C3CCC12C. The molecule has 0 aliphatic heterocycles. The molecule has 8 atom stereocenters. The number of carbonyl (C=O) groups is 1. The van der Waals surface area contributed by atoms with E-state index in [0.717, 1.165) is 44.1 Å². The lowest BCUT2D eigenvalue weighted by molar-refractivity contribution is -0.117. The van der Waals surface area contributed by atoms with Crippen LogP contribution in [-0.4, -0.2) is 48.5 Å². The van der Waals surface area contributed by atoms with Crippen LogP contribution in [0.3, 0.4) is 0 Å². The molecule has 0 amide bonds. The second-order valence-electron chi connectivity index (χ2n) is 10.8. The summed E-state index contributed by atoms with van der Waals surface area (Å²) in [6.07, 6.45) is 9.06. The second kappa shape index (κ2) is 9.33. The van der Waals surface area contributed by atoms with Crippen LogP contribution in [0.4, 0.5) is 0 Å². The third-order valence-corrected chi connectivity index (χ3v) is 10.7. The fraction of sp³-hybridized carbons (Fsp3) is 0.800. The predicted molar refractivity (Wildman–Crippen MR) is 124 cm³/mol. The topological polar surface area (TPSA) is 102 Å². The average Bonchev–Trinajstić information content (AvgIpc) is 3.08. The number of rotatable bonds is 7. The lowest BCUT2D eigenvalue weighted by atomic mass is 9.47. The number of fused-ring (bicyclic) bond motifs is 5. The third-order valence-electron chi connectivity index (χ3n) is 9.25. The molecular weight excluding hydrogens is 443 g/mol. The molecule has 33 heavy (non-hydrogen) atoms. The minimum Gasteiger partial charge on any atom is -0.394 e. The Morgan fingerprint density at radius 3 is 2.64 bits per heavy atom. The number of phosphoric ester groups is 1. The van der Waals surface area contributed by atoms with Gasteiger partial charge in [0.05, 0.1) is 19.3 Å². The molecule has 4 aliphatic carbocycles. The Labute approximate surface area is 197 Å². The van der Waals surface area contributed by atoms with Crippen molar-refractivity contribution in [3.05, 3.63) is 23.3 Å². The maximum absolute atomic E-state index is 13.2. The zero-order chi connectivity index (χ0) is 24.0. The summed E-state index contributed by atoms with van der Waals surface area (Å²) in [5, 5.41) is 18.6. The normalized spacial score (nSPS) is 42.2. The van der Waals surface area contributed by atoms with Gasteiger partial charge in [0.15, 0.2) is 5.78 Å². The van der Waals surface area contributed by atoms with Crippen LogP contribution in [0.25, 0.3) is 0 Å². The molecule has 8 heteroatoms. The standard InChI is InChI=1S/C25H39O7P/c1-5-20-23(32-33(29,30-4)31-15-18(28)14-26)13-22-19-7-6-16-12-17(27)8-10-24(16,2)21(19)9-11-25(20,22)3/h5,12,18-19,21-23,26,28H,6-11,13-15H2,1-4H3. The Morgan fingerprint density at radius 1 is 1.21 bits per heavy atom. The van der Waals surface area contributed by atoms with Crippen molar-refractivity contribution in [1.82, 2.24) is 0 Å². The Balaban J connectivity index is 1.57. The molecular formula is C25H39O7P. The molecule has 8 unspecified atom stereocenters. The largest absolute Gasteiger partial charge is 0.475 e. The minimum absolute atomic E-state index is 0.0359. The van der Waals surface area contributed by atoms with Crippen LogP contribution < -0.4 is 0 Å². The Hall–Kier alpha value is -0.820. The van der Waals surface area contributed by atoms with E-state index in [-0.39, 0.29) is 29.3 Å². The highest BCUT2D eigenvalue weighted by Crippen LogP contribution is 2.68. The molecule has 0 aromatic rings. The monoisotopic (exact) mass is 482 g/mol. The van der Waals surface area contributed by atoms with Crippen molar-refractivity contribution in [2.45, 2.75) is 77.9 Å². The van der Waals surface area contributed by atoms with Crippen molar-refractivity contribution in [3.8, 4) is 0 Å². The Bertz CT molecular complexity index is 882. The Morgan fingerprint density at radius 2 is 1.97 bits per heavy atom. The zero-order valence-electron chi connectivity index (χ0n) is 20.3. The summed E-state index contributed by atoms with van der Waals surface area (Å²) in [7, 11) is -2.61. The number of aliphatic hydroxyl groups is 2. The van der Waals surface area contributed by atoms with Crippen LogP contribution in [0.2, 0.25) is 0 Å². The zero-order valence-corrected chi connectivity index (χ0v) is 21.2. The number of aliphatic hydroxyl groups excluding tert-OH is 2. The summed E-state index contributed by atoms with van der Waals surface area (Å²) in [5.41, 5.74) is 2.56. The molecule has 7 nitrogen and oxygen atoms in total. The lowest BCUT2D eigenvalue weighted by Crippen LogP contribution is -2.49. The maximum Gasteiger partial charge on any atom is 0.475 e. The van der Waals surface area contributed by atoms with E-state index in [4.69, 9.17) is 18.7 Å². The number of hydrogen-bond donors (Lipinski definition) is 2. The maximum atomic E-state index is 13.2. The molecule has 2 N–H and O–H groups in total. The van der Waals surface area contributed by atoms with E-state index in [1.54, 1.807) is 0 Å². The minimum atomic E-state index is -3.89. The molecule has 0 saturated heterocycles. The fourth-order valence-electron chi connectivity index (χ4n) is 7.53. The van der Waals surface area contributed by atoms with Gasteiger partial charge in [-0.3, -0.25) is 18.4 Å². The molecule has 0 heterocycles. The first kappa shape index (κ1) is 25.3. The van der Waals surface area contributed by atoms with Crippen molar-refractivity contribution >= 4 is 13.6 Å². The lowest BCUT2D eigenvalue weighted by Gasteiger charge is -2.57. The summed E-state index contributed by atoms with van der Waals surface area (Å²) in [5.74, 6) is 1.75. The van der Waals surface area contributed by atoms with Crippen LogP contribution in [0.15, 0.2) is 23.3 Å². The van der Waals surface area contributed by atoms with Crippen molar-refractivity contribution in [2.75, 3.05) is 20.3 Å². The molecule has 3 fully saturated rings. The van der Waals surface area contributed by atoms with Gasteiger partial charge in [0.1, 0.15) is 6.10 Å². The molecule has 0 aromatic heterocycles. The van der Waals surface area contributed by atoms with E-state index in [1.165, 1.54) is 12.7 Å². The molecule has 0 bridgehead atoms. The summed E-state index contributed by atoms with van der Waals surface area (Å²) in [6.45, 7) is 5.88. The summed E-state index contributed by atoms with van der Waals surface area (Å²) >= 11 is 0. The van der Waals surface area contributed by atoms with Gasteiger partial charge in [-0.2, -0.15) is 0 Å². The molecule has 4 aliphatic rings. The smallest absolute Gasteiger partial charge is 0.394 e. The number of ketones is 1. The van der Waals surface area contributed by atoms with Gasteiger partial charge >= 0.3 is 7.82 Å². The number of carbonyl (C=O) groups excluding carboxylic acids is 1. The molecule has 4 rings (SSSR count). The number of allylic oxidation sites excluding steroid dienone is 2. The summed E-state index contributed by atoms with van der Waals surface area (Å²) < 4.78 is 29.6. The van der Waals surface area contributed by atoms with Gasteiger partial charge in [-0.1, -0.05) is 25.5 Å². The first-order chi connectivity index (χ1) is 15.6. The fourth-order valence-corrected chi connectivity index (χ4v) is 8.64. The Kier molecular flexibility index (Phi) is 7.14. The van der Waals surface area contributed by atoms with E-state index in [0.29, 0.717) is 24.2 Å². The average molecular weight is 483 g/mol. The van der Waals surface area contributed by atoms with Crippen LogP contribution in [0.1, 0.15) is 65.7 Å². The molecule has 0 aromatic carbocycles. The van der Waals surface area contributed by atoms with Gasteiger partial charge in [0.25, 0.3) is 0 Å². The second-order valence-corrected chi connectivity index (χ2v) is 12.5. The highest BCUT2D eigenvalue weighted by molar-refractivity contribution is 7.48. The predicted octanol–water partition coefficient (Wildman–Crippen LogP) is 4.58. The summed E-state index contributed by atoms with van der Waals surface area (Å²) in [4.78, 5) is 12.1. The van der Waals surface area contributed by atoms with E-state index in [1.807, 2.05) is 13.0 Å². The van der Waals surface area contributed by atoms with Crippen LogP contribution >= 0.6 is 7.82 Å². The van der Waals surface area contributed by atoms with E-state index >= 15 is 0 Å². The van der Waals surface area contributed by atoms with Gasteiger partial charge in [-0.15, -0.1) is 0 Å². The van der Waals surface area contributed by atoms with Gasteiger partial charge in [-0.05, 0) is 85.7 Å². The summed E-state index contributed by atoms with van der Waals surface area (Å²) in [6, 6.07) is 0. The van der Waals surface area contributed by atoms with Crippen LogP contribution in [0.5, 0.6) is 0 Å². The number of phosphoric acid groups is 1. The van der Waals surface area contributed by atoms with Crippen molar-refractivity contribution in [1.29, 1.82) is 0 Å². The molecule has 3 saturated carbocycles. The first-order valence-corrected chi connectivity index (χ1v) is 13.7. The van der Waals surface area contributed by atoms with E-state index in [2.05, 4.69) is 19.9 Å². The van der Waals surface area contributed by atoms with Crippen molar-refractivity contribution in [3.63, 3.8) is 0 Å². The van der Waals surface area contributed by atoms with Crippen molar-refractivity contribution in [2.24, 2.45) is 28.6 Å².